The van der Waals surface area contributed by atoms with Crippen LogP contribution in [-0.4, -0.2) is 32.7 Å². The SMILES string of the molecule is COc1ccc(C(=O)Nc2ncc(C(Oc3ccc4ccc(Br)cc4c3)c3ccc(S(C)(=O)=O)cc3)s2)cc1. The molecular formula is C29H23BrN2O5S2. The van der Waals surface area contributed by atoms with E-state index in [0.717, 1.165) is 25.7 Å². The minimum Gasteiger partial charge on any atom is -0.497 e. The average Bonchev–Trinajstić information content (AvgIpc) is 3.39. The number of carbonyl (C=O) groups excluding carboxylic acids is 1. The summed E-state index contributed by atoms with van der Waals surface area (Å²) in [4.78, 5) is 18.1. The maximum absolute atomic E-state index is 12.8. The molecule has 1 amide bonds. The second-order valence-corrected chi connectivity index (χ2v) is 12.7. The minimum absolute atomic E-state index is 0.220. The van der Waals surface area contributed by atoms with Gasteiger partial charge in [0.1, 0.15) is 11.5 Å². The number of methoxy groups -OCH3 is 1. The molecule has 0 saturated heterocycles. The molecule has 1 N–H and O–H groups in total. The second-order valence-electron chi connectivity index (χ2n) is 8.74. The number of fused-ring (bicyclic) bond motifs is 1. The van der Waals surface area contributed by atoms with E-state index in [4.69, 9.17) is 9.47 Å². The number of ether oxygens (including phenoxy) is 2. The van der Waals surface area contributed by atoms with Crippen molar-refractivity contribution in [1.29, 1.82) is 0 Å². The number of carbonyl (C=O) groups is 1. The Balaban J connectivity index is 1.45. The van der Waals surface area contributed by atoms with Crippen LogP contribution in [0.25, 0.3) is 10.8 Å². The normalized spacial score (nSPS) is 12.2. The Kier molecular flexibility index (Phi) is 7.69. The summed E-state index contributed by atoms with van der Waals surface area (Å²) < 4.78 is 36.6. The first-order chi connectivity index (χ1) is 18.7. The van der Waals surface area contributed by atoms with Gasteiger partial charge in [0.2, 0.25) is 0 Å². The van der Waals surface area contributed by atoms with E-state index in [-0.39, 0.29) is 10.8 Å². The molecule has 1 heterocycles. The molecule has 0 aliphatic carbocycles. The van der Waals surface area contributed by atoms with Crippen LogP contribution in [0.15, 0.2) is 100 Å². The third-order valence-electron chi connectivity index (χ3n) is 5.99. The lowest BCUT2D eigenvalue weighted by Crippen LogP contribution is -2.11. The van der Waals surface area contributed by atoms with Crippen LogP contribution in [0.2, 0.25) is 0 Å². The molecule has 39 heavy (non-hydrogen) atoms. The zero-order valence-electron chi connectivity index (χ0n) is 20.9. The highest BCUT2D eigenvalue weighted by Gasteiger charge is 2.22. The number of rotatable bonds is 8. The predicted molar refractivity (Wildman–Crippen MR) is 157 cm³/mol. The van der Waals surface area contributed by atoms with Gasteiger partial charge < -0.3 is 9.47 Å². The number of amides is 1. The Bertz CT molecular complexity index is 1750. The summed E-state index contributed by atoms with van der Waals surface area (Å²) in [5.74, 6) is 0.995. The lowest BCUT2D eigenvalue weighted by molar-refractivity contribution is 0.102. The number of sulfone groups is 1. The fraction of sp³-hybridized carbons (Fsp3) is 0.103. The number of hydrogen-bond donors (Lipinski definition) is 1. The summed E-state index contributed by atoms with van der Waals surface area (Å²) in [6.07, 6.45) is 2.23. The average molecular weight is 624 g/mol. The lowest BCUT2D eigenvalue weighted by Gasteiger charge is -2.19. The summed E-state index contributed by atoms with van der Waals surface area (Å²) in [7, 11) is -1.78. The molecule has 0 aliphatic rings. The zero-order chi connectivity index (χ0) is 27.6. The van der Waals surface area contributed by atoms with E-state index < -0.39 is 15.9 Å². The first-order valence-corrected chi connectivity index (χ1v) is 15.3. The maximum Gasteiger partial charge on any atom is 0.257 e. The van der Waals surface area contributed by atoms with Crippen LogP contribution in [0.5, 0.6) is 11.5 Å². The van der Waals surface area contributed by atoms with E-state index in [1.165, 1.54) is 17.6 Å². The molecule has 0 bridgehead atoms. The van der Waals surface area contributed by atoms with Gasteiger partial charge in [-0.2, -0.15) is 0 Å². The molecule has 1 unspecified atom stereocenters. The minimum atomic E-state index is -3.35. The van der Waals surface area contributed by atoms with Crippen molar-refractivity contribution in [1.82, 2.24) is 4.98 Å². The lowest BCUT2D eigenvalue weighted by atomic mass is 10.1. The van der Waals surface area contributed by atoms with Gasteiger partial charge >= 0.3 is 0 Å². The van der Waals surface area contributed by atoms with Crippen molar-refractivity contribution in [2.45, 2.75) is 11.0 Å². The van der Waals surface area contributed by atoms with Gasteiger partial charge in [-0.05, 0) is 77.0 Å². The first-order valence-electron chi connectivity index (χ1n) is 11.8. The number of nitrogens with one attached hydrogen (secondary N) is 1. The first kappa shape index (κ1) is 26.9. The molecule has 5 rings (SSSR count). The smallest absolute Gasteiger partial charge is 0.257 e. The molecule has 0 radical (unpaired) electrons. The van der Waals surface area contributed by atoms with E-state index in [1.807, 2.05) is 36.4 Å². The van der Waals surface area contributed by atoms with Gasteiger partial charge in [0.05, 0.1) is 16.9 Å². The molecule has 7 nitrogen and oxygen atoms in total. The number of benzene rings is 4. The molecule has 0 fully saturated rings. The monoisotopic (exact) mass is 622 g/mol. The molecule has 4 aromatic carbocycles. The van der Waals surface area contributed by atoms with E-state index in [2.05, 4.69) is 26.2 Å². The summed E-state index contributed by atoms with van der Waals surface area (Å²) >= 11 is 4.80. The van der Waals surface area contributed by atoms with E-state index in [9.17, 15) is 13.2 Å². The van der Waals surface area contributed by atoms with Gasteiger partial charge in [-0.3, -0.25) is 10.1 Å². The van der Waals surface area contributed by atoms with Crippen LogP contribution in [0, 0.1) is 0 Å². The molecule has 0 spiro atoms. The van der Waals surface area contributed by atoms with Crippen molar-refractivity contribution < 1.29 is 22.7 Å². The fourth-order valence-electron chi connectivity index (χ4n) is 3.96. The maximum atomic E-state index is 12.8. The highest BCUT2D eigenvalue weighted by Crippen LogP contribution is 2.35. The fourth-order valence-corrected chi connectivity index (χ4v) is 5.84. The Morgan fingerprint density at radius 3 is 2.31 bits per heavy atom. The summed E-state index contributed by atoms with van der Waals surface area (Å²) in [6, 6.07) is 25.2. The third kappa shape index (κ3) is 6.30. The Labute approximate surface area is 238 Å². The number of halogens is 1. The Hall–Kier alpha value is -3.73. The number of thiazole rings is 1. The van der Waals surface area contributed by atoms with Crippen molar-refractivity contribution in [2.24, 2.45) is 0 Å². The summed E-state index contributed by atoms with van der Waals surface area (Å²) in [5.41, 5.74) is 1.22. The van der Waals surface area contributed by atoms with Crippen LogP contribution >= 0.6 is 27.3 Å². The van der Waals surface area contributed by atoms with Crippen molar-refractivity contribution in [3.63, 3.8) is 0 Å². The molecular weight excluding hydrogens is 600 g/mol. The molecule has 1 aromatic heterocycles. The van der Waals surface area contributed by atoms with Crippen molar-refractivity contribution in [3.8, 4) is 11.5 Å². The van der Waals surface area contributed by atoms with E-state index in [0.29, 0.717) is 22.2 Å². The molecule has 1 atom stereocenters. The standard InChI is InChI=1S/C29H23BrN2O5S2/c1-36-23-10-5-20(6-11-23)28(33)32-29-31-17-26(38-29)27(19-7-13-25(14-8-19)39(2,34)35)37-24-12-4-18-3-9-22(30)15-21(18)16-24/h3-17,27H,1-2H3,(H,31,32,33). The Morgan fingerprint density at radius 2 is 1.62 bits per heavy atom. The number of hydrogen-bond acceptors (Lipinski definition) is 7. The van der Waals surface area contributed by atoms with E-state index >= 15 is 0 Å². The van der Waals surface area contributed by atoms with Gasteiger partial charge in [0.25, 0.3) is 5.91 Å². The van der Waals surface area contributed by atoms with Crippen LogP contribution < -0.4 is 14.8 Å². The number of anilines is 1. The summed E-state index contributed by atoms with van der Waals surface area (Å²) in [6.45, 7) is 0. The molecule has 0 aliphatic heterocycles. The molecule has 10 heteroatoms. The van der Waals surface area contributed by atoms with Crippen molar-refractivity contribution in [3.05, 3.63) is 112 Å². The van der Waals surface area contributed by atoms with Crippen LogP contribution in [-0.2, 0) is 9.84 Å². The van der Waals surface area contributed by atoms with E-state index in [1.54, 1.807) is 61.8 Å². The van der Waals surface area contributed by atoms with Gasteiger partial charge in [-0.1, -0.05) is 51.5 Å². The van der Waals surface area contributed by atoms with Crippen molar-refractivity contribution >= 4 is 58.9 Å². The number of aromatic nitrogens is 1. The third-order valence-corrected chi connectivity index (χ3v) is 8.57. The largest absolute Gasteiger partial charge is 0.497 e. The Morgan fingerprint density at radius 1 is 0.923 bits per heavy atom. The van der Waals surface area contributed by atoms with Crippen LogP contribution in [0.3, 0.4) is 0 Å². The van der Waals surface area contributed by atoms with Crippen LogP contribution in [0.1, 0.15) is 26.9 Å². The van der Waals surface area contributed by atoms with Gasteiger partial charge in [0, 0.05) is 22.5 Å². The summed E-state index contributed by atoms with van der Waals surface area (Å²) in [5, 5.41) is 5.32. The van der Waals surface area contributed by atoms with Gasteiger partial charge in [0.15, 0.2) is 21.1 Å². The van der Waals surface area contributed by atoms with Crippen molar-refractivity contribution in [2.75, 3.05) is 18.7 Å². The second kappa shape index (κ2) is 11.2. The highest BCUT2D eigenvalue weighted by atomic mass is 79.9. The predicted octanol–water partition coefficient (Wildman–Crippen LogP) is 6.89. The molecule has 198 valence electrons. The van der Waals surface area contributed by atoms with Crippen LogP contribution in [0.4, 0.5) is 5.13 Å². The molecule has 5 aromatic rings. The zero-order valence-corrected chi connectivity index (χ0v) is 24.1. The van der Waals surface area contributed by atoms with Gasteiger partial charge in [-0.25, -0.2) is 13.4 Å². The topological polar surface area (TPSA) is 94.6 Å². The number of nitrogens with zero attached hydrogens (tertiary/aromatic N) is 1. The quantitative estimate of drug-likeness (QED) is 0.202. The van der Waals surface area contributed by atoms with Gasteiger partial charge in [-0.15, -0.1) is 0 Å². The molecule has 0 saturated carbocycles. The highest BCUT2D eigenvalue weighted by molar-refractivity contribution is 9.10.